The van der Waals surface area contributed by atoms with Crippen molar-refractivity contribution in [1.82, 2.24) is 0 Å². The lowest BCUT2D eigenvalue weighted by Crippen LogP contribution is -2.08. The van der Waals surface area contributed by atoms with Gasteiger partial charge < -0.3 is 9.47 Å². The highest BCUT2D eigenvalue weighted by Crippen LogP contribution is 2.26. The van der Waals surface area contributed by atoms with Crippen molar-refractivity contribution in [2.45, 2.75) is 13.8 Å². The van der Waals surface area contributed by atoms with Crippen LogP contribution in [0.1, 0.15) is 13.8 Å². The van der Waals surface area contributed by atoms with Crippen molar-refractivity contribution in [2.75, 3.05) is 6.61 Å². The molecular formula is C13H16O3. The van der Waals surface area contributed by atoms with E-state index in [1.54, 1.807) is 18.2 Å². The van der Waals surface area contributed by atoms with Gasteiger partial charge in [0.25, 0.3) is 0 Å². The molecule has 0 bridgehead atoms. The van der Waals surface area contributed by atoms with Gasteiger partial charge in [-0.15, -0.1) is 0 Å². The molecule has 0 aliphatic carbocycles. The van der Waals surface area contributed by atoms with Crippen LogP contribution >= 0.6 is 0 Å². The third kappa shape index (κ3) is 3.77. The molecule has 0 heterocycles. The maximum Gasteiger partial charge on any atom is 0.335 e. The summed E-state index contributed by atoms with van der Waals surface area (Å²) in [6.07, 6.45) is 1.12. The molecule has 0 aliphatic rings. The molecule has 1 aromatic carbocycles. The van der Waals surface area contributed by atoms with Crippen molar-refractivity contribution in [3.8, 4) is 11.5 Å². The van der Waals surface area contributed by atoms with Crippen LogP contribution in [-0.2, 0) is 4.79 Å². The normalized spacial score (nSPS) is 9.94. The molecular weight excluding hydrogens is 204 g/mol. The van der Waals surface area contributed by atoms with Gasteiger partial charge in [0.2, 0.25) is 0 Å². The molecule has 0 fully saturated rings. The van der Waals surface area contributed by atoms with E-state index in [0.29, 0.717) is 24.0 Å². The molecule has 1 rings (SSSR count). The summed E-state index contributed by atoms with van der Waals surface area (Å²) < 4.78 is 10.6. The van der Waals surface area contributed by atoms with Crippen molar-refractivity contribution in [3.05, 3.63) is 36.9 Å². The Morgan fingerprint density at radius 3 is 2.56 bits per heavy atom. The average molecular weight is 220 g/mol. The van der Waals surface area contributed by atoms with E-state index in [1.807, 2.05) is 6.07 Å². The summed E-state index contributed by atoms with van der Waals surface area (Å²) >= 11 is 0. The molecule has 0 atom stereocenters. The third-order valence-electron chi connectivity index (χ3n) is 1.80. The Labute approximate surface area is 95.7 Å². The van der Waals surface area contributed by atoms with E-state index in [2.05, 4.69) is 20.4 Å². The Morgan fingerprint density at radius 1 is 1.38 bits per heavy atom. The molecule has 0 amide bonds. The van der Waals surface area contributed by atoms with Gasteiger partial charge in [-0.1, -0.05) is 32.6 Å². The number of esters is 1. The van der Waals surface area contributed by atoms with Crippen LogP contribution in [0.5, 0.6) is 11.5 Å². The van der Waals surface area contributed by atoms with Gasteiger partial charge in [0.05, 0.1) is 6.61 Å². The minimum Gasteiger partial charge on any atom is -0.489 e. The molecule has 0 N–H and O–H groups in total. The van der Waals surface area contributed by atoms with Crippen molar-refractivity contribution in [2.24, 2.45) is 5.92 Å². The van der Waals surface area contributed by atoms with E-state index < -0.39 is 5.97 Å². The Bertz CT molecular complexity index is 369. The molecule has 0 saturated heterocycles. The first-order valence-corrected chi connectivity index (χ1v) is 5.19. The van der Waals surface area contributed by atoms with E-state index in [1.165, 1.54) is 0 Å². The lowest BCUT2D eigenvalue weighted by Gasteiger charge is -2.12. The lowest BCUT2D eigenvalue weighted by molar-refractivity contribution is -0.129. The molecule has 3 heteroatoms. The predicted octanol–water partition coefficient (Wildman–Crippen LogP) is 2.81. The van der Waals surface area contributed by atoms with Gasteiger partial charge in [-0.3, -0.25) is 0 Å². The fourth-order valence-electron chi connectivity index (χ4n) is 1.06. The van der Waals surface area contributed by atoms with Crippen LogP contribution in [0.3, 0.4) is 0 Å². The van der Waals surface area contributed by atoms with E-state index in [9.17, 15) is 4.79 Å². The van der Waals surface area contributed by atoms with Crippen LogP contribution in [0.25, 0.3) is 0 Å². The molecule has 0 aliphatic heterocycles. The first-order chi connectivity index (χ1) is 7.63. The summed E-state index contributed by atoms with van der Waals surface area (Å²) in [4.78, 5) is 11.1. The first kappa shape index (κ1) is 12.3. The number of hydrogen-bond acceptors (Lipinski definition) is 3. The number of ether oxygens (including phenoxy) is 2. The zero-order chi connectivity index (χ0) is 12.0. The van der Waals surface area contributed by atoms with Crippen LogP contribution in [0.4, 0.5) is 0 Å². The summed E-state index contributed by atoms with van der Waals surface area (Å²) in [5.74, 6) is 0.934. The smallest absolute Gasteiger partial charge is 0.335 e. The highest BCUT2D eigenvalue weighted by molar-refractivity contribution is 5.83. The van der Waals surface area contributed by atoms with Crippen molar-refractivity contribution in [3.63, 3.8) is 0 Å². The first-order valence-electron chi connectivity index (χ1n) is 5.19. The van der Waals surface area contributed by atoms with Crippen molar-refractivity contribution < 1.29 is 14.3 Å². The number of carbonyl (C=O) groups excluding carboxylic acids is 1. The fourth-order valence-corrected chi connectivity index (χ4v) is 1.06. The van der Waals surface area contributed by atoms with Gasteiger partial charge in [-0.05, 0) is 18.1 Å². The van der Waals surface area contributed by atoms with E-state index in [-0.39, 0.29) is 0 Å². The zero-order valence-electron chi connectivity index (χ0n) is 9.60. The number of hydrogen-bond donors (Lipinski definition) is 0. The van der Waals surface area contributed by atoms with Gasteiger partial charge in [0, 0.05) is 6.08 Å². The van der Waals surface area contributed by atoms with Crippen LogP contribution in [-0.4, -0.2) is 12.6 Å². The van der Waals surface area contributed by atoms with Gasteiger partial charge in [-0.2, -0.15) is 0 Å². The van der Waals surface area contributed by atoms with E-state index >= 15 is 0 Å². The molecule has 86 valence electrons. The highest BCUT2D eigenvalue weighted by atomic mass is 16.6. The van der Waals surface area contributed by atoms with Crippen molar-refractivity contribution >= 4 is 5.97 Å². The minimum atomic E-state index is -0.486. The van der Waals surface area contributed by atoms with Crippen LogP contribution in [0.2, 0.25) is 0 Å². The largest absolute Gasteiger partial charge is 0.489 e. The topological polar surface area (TPSA) is 35.5 Å². The van der Waals surface area contributed by atoms with Gasteiger partial charge in [-0.25, -0.2) is 4.79 Å². The van der Waals surface area contributed by atoms with Gasteiger partial charge in [0.1, 0.15) is 0 Å². The average Bonchev–Trinajstić information content (AvgIpc) is 2.27. The summed E-state index contributed by atoms with van der Waals surface area (Å²) in [7, 11) is 0. The van der Waals surface area contributed by atoms with Gasteiger partial charge >= 0.3 is 5.97 Å². The standard InChI is InChI=1S/C13H16O3/c1-4-13(14)16-12-8-6-5-7-11(12)15-9-10(2)3/h4-8,10H,1,9H2,2-3H3. The molecule has 0 aromatic heterocycles. The molecule has 0 radical (unpaired) electrons. The summed E-state index contributed by atoms with van der Waals surface area (Å²) in [6, 6.07) is 7.08. The van der Waals surface area contributed by atoms with Crippen LogP contribution in [0, 0.1) is 5.92 Å². The second-order valence-corrected chi connectivity index (χ2v) is 3.78. The lowest BCUT2D eigenvalue weighted by atomic mass is 10.2. The fraction of sp³-hybridized carbons (Fsp3) is 0.308. The quantitative estimate of drug-likeness (QED) is 0.435. The number of benzene rings is 1. The summed E-state index contributed by atoms with van der Waals surface area (Å²) in [6.45, 7) is 8.04. The van der Waals surface area contributed by atoms with Crippen LogP contribution in [0.15, 0.2) is 36.9 Å². The molecule has 0 unspecified atom stereocenters. The second kappa shape index (κ2) is 5.95. The molecule has 1 aromatic rings. The monoisotopic (exact) mass is 220 g/mol. The third-order valence-corrected chi connectivity index (χ3v) is 1.80. The Kier molecular flexibility index (Phi) is 4.58. The Morgan fingerprint density at radius 2 is 2.00 bits per heavy atom. The maximum atomic E-state index is 11.1. The molecule has 16 heavy (non-hydrogen) atoms. The number of carbonyl (C=O) groups is 1. The summed E-state index contributed by atoms with van der Waals surface area (Å²) in [5.41, 5.74) is 0. The predicted molar refractivity (Wildman–Crippen MR) is 62.6 cm³/mol. The number of para-hydroxylation sites is 2. The highest BCUT2D eigenvalue weighted by Gasteiger charge is 2.07. The van der Waals surface area contributed by atoms with E-state index in [4.69, 9.17) is 9.47 Å². The molecule has 0 spiro atoms. The van der Waals surface area contributed by atoms with Crippen LogP contribution < -0.4 is 9.47 Å². The molecule has 0 saturated carbocycles. The van der Waals surface area contributed by atoms with E-state index in [0.717, 1.165) is 6.08 Å². The van der Waals surface area contributed by atoms with Crippen molar-refractivity contribution in [1.29, 1.82) is 0 Å². The number of rotatable bonds is 5. The van der Waals surface area contributed by atoms with Gasteiger partial charge in [0.15, 0.2) is 11.5 Å². The zero-order valence-corrected chi connectivity index (χ0v) is 9.60. The Hall–Kier alpha value is -1.77. The minimum absolute atomic E-state index is 0.420. The molecule has 3 nitrogen and oxygen atoms in total. The second-order valence-electron chi connectivity index (χ2n) is 3.78. The summed E-state index contributed by atoms with van der Waals surface area (Å²) in [5, 5.41) is 0. The maximum absolute atomic E-state index is 11.1. The Balaban J connectivity index is 2.74. The SMILES string of the molecule is C=CC(=O)Oc1ccccc1OCC(C)C.